The van der Waals surface area contributed by atoms with Crippen molar-refractivity contribution in [2.75, 3.05) is 4.90 Å². The molecule has 0 saturated carbocycles. The first-order valence-electron chi connectivity index (χ1n) is 20.9. The molecule has 1 aromatic heterocycles. The molecule has 0 fully saturated rings. The third-order valence-electron chi connectivity index (χ3n) is 8.97. The molecule has 0 aliphatic carbocycles. The molecule has 0 aliphatic heterocycles. The van der Waals surface area contributed by atoms with E-state index >= 15 is 0 Å². The van der Waals surface area contributed by atoms with Crippen molar-refractivity contribution in [3.63, 3.8) is 0 Å². The van der Waals surface area contributed by atoms with E-state index in [0.717, 1.165) is 44.2 Å². The molecule has 2 nitrogen and oxygen atoms in total. The van der Waals surface area contributed by atoms with E-state index in [1.54, 1.807) is 30.3 Å². The highest BCUT2D eigenvalue weighted by atomic mass is 15.1. The molecule has 0 unspecified atom stereocenters. The smallest absolute Gasteiger partial charge is 0.0645 e. The fraction of sp³-hybridized carbons (Fsp3) is 0. The van der Waals surface area contributed by atoms with Crippen molar-refractivity contribution in [2.45, 2.75) is 0 Å². The Kier molecular flexibility index (Phi) is 5.45. The predicted molar refractivity (Wildman–Crippen MR) is 212 cm³/mol. The zero-order valence-electron chi connectivity index (χ0n) is 35.8. The first kappa shape index (κ1) is 21.4. The number of benzene rings is 8. The average molecular weight is 648 g/mol. The minimum Gasteiger partial charge on any atom is -0.310 e. The molecule has 0 radical (unpaired) electrons. The lowest BCUT2D eigenvalue weighted by Gasteiger charge is -2.28. The lowest BCUT2D eigenvalue weighted by Crippen LogP contribution is -2.11. The Hall–Kier alpha value is -6.64. The van der Waals surface area contributed by atoms with E-state index < -0.39 is 42.3 Å². The van der Waals surface area contributed by atoms with Gasteiger partial charge in [-0.05, 0) is 88.4 Å². The third kappa shape index (κ3) is 5.34. The average Bonchev–Trinajstić information content (AvgIpc) is 3.61. The maximum atomic E-state index is 9.52. The van der Waals surface area contributed by atoms with Gasteiger partial charge in [0.2, 0.25) is 0 Å². The number of hydrogen-bond donors (Lipinski definition) is 0. The summed E-state index contributed by atoms with van der Waals surface area (Å²) in [6, 6.07) is 44.1. The van der Waals surface area contributed by atoms with E-state index in [-0.39, 0.29) is 29.0 Å². The summed E-state index contributed by atoms with van der Waals surface area (Å²) < 4.78 is 83.4. The Morgan fingerprint density at radius 1 is 0.400 bits per heavy atom. The highest BCUT2D eigenvalue weighted by Crippen LogP contribution is 2.42. The minimum absolute atomic E-state index is 0.0760. The minimum atomic E-state index is -0.588. The Morgan fingerprint density at radius 2 is 0.980 bits per heavy atom. The normalized spacial score (nSPS) is 13.7. The van der Waals surface area contributed by atoms with E-state index in [2.05, 4.69) is 41.0 Å². The van der Waals surface area contributed by atoms with E-state index in [1.165, 1.54) is 4.90 Å². The SMILES string of the molecule is [2H]c1c([2H])c([2H])c(N(c2ccccc2-c2ccccc2)c2c([2H])c([2H])c(-c3ccc4c(c3)c3ccccc3n4-c3ccc(-c4ccccc4)cc3)c([2H])c2[2H])c([2H])c1[2H]. The topological polar surface area (TPSA) is 8.17 Å². The number of nitrogens with zero attached hydrogens (tertiary/aromatic N) is 2. The van der Waals surface area contributed by atoms with E-state index in [1.807, 2.05) is 84.9 Å². The van der Waals surface area contributed by atoms with Crippen LogP contribution in [0.25, 0.3) is 60.9 Å². The van der Waals surface area contributed by atoms with Gasteiger partial charge in [0, 0.05) is 33.4 Å². The van der Waals surface area contributed by atoms with Crippen LogP contribution in [0.1, 0.15) is 12.3 Å². The summed E-state index contributed by atoms with van der Waals surface area (Å²) in [7, 11) is 0. The van der Waals surface area contributed by atoms with Gasteiger partial charge in [-0.25, -0.2) is 0 Å². The van der Waals surface area contributed by atoms with Gasteiger partial charge in [0.15, 0.2) is 0 Å². The molecule has 0 aliphatic rings. The molecule has 50 heavy (non-hydrogen) atoms. The van der Waals surface area contributed by atoms with Crippen LogP contribution in [0.15, 0.2) is 206 Å². The summed E-state index contributed by atoms with van der Waals surface area (Å²) in [4.78, 5) is 1.28. The Balaban J connectivity index is 1.25. The van der Waals surface area contributed by atoms with Crippen molar-refractivity contribution in [2.24, 2.45) is 0 Å². The maximum absolute atomic E-state index is 9.52. The maximum Gasteiger partial charge on any atom is 0.0645 e. The second-order valence-electron chi connectivity index (χ2n) is 11.9. The molecular formula is C48H34N2. The lowest BCUT2D eigenvalue weighted by molar-refractivity contribution is 1.18. The number of para-hydroxylation sites is 3. The number of aromatic nitrogens is 1. The first-order chi connectivity index (χ1) is 28.6. The number of anilines is 3. The van der Waals surface area contributed by atoms with Crippen LogP contribution in [-0.4, -0.2) is 4.57 Å². The Labute approximate surface area is 305 Å². The van der Waals surface area contributed by atoms with Crippen LogP contribution >= 0.6 is 0 Å². The van der Waals surface area contributed by atoms with Gasteiger partial charge in [-0.3, -0.25) is 0 Å². The van der Waals surface area contributed by atoms with Crippen molar-refractivity contribution in [1.82, 2.24) is 4.57 Å². The van der Waals surface area contributed by atoms with Crippen LogP contribution in [0.4, 0.5) is 17.1 Å². The van der Waals surface area contributed by atoms with Gasteiger partial charge in [-0.1, -0.05) is 145 Å². The molecule has 2 heteroatoms. The lowest BCUT2D eigenvalue weighted by atomic mass is 10.0. The van der Waals surface area contributed by atoms with Gasteiger partial charge < -0.3 is 9.47 Å². The van der Waals surface area contributed by atoms with Gasteiger partial charge in [0.25, 0.3) is 0 Å². The summed E-state index contributed by atoms with van der Waals surface area (Å²) in [5.74, 6) is 0. The highest BCUT2D eigenvalue weighted by Gasteiger charge is 2.18. The summed E-state index contributed by atoms with van der Waals surface area (Å²) in [6.45, 7) is 0. The Morgan fingerprint density at radius 3 is 1.74 bits per heavy atom. The molecular weight excluding hydrogens is 605 g/mol. The summed E-state index contributed by atoms with van der Waals surface area (Å²) in [5.41, 5.74) is 6.71. The molecule has 0 amide bonds. The molecule has 0 N–H and O–H groups in total. The second kappa shape index (κ2) is 12.8. The molecule has 236 valence electrons. The van der Waals surface area contributed by atoms with Crippen LogP contribution in [0, 0.1) is 0 Å². The fourth-order valence-corrected chi connectivity index (χ4v) is 6.64. The molecule has 0 spiro atoms. The Bertz CT molecular complexity index is 3030. The standard InChI is InChI=1S/C48H34N2/c1-4-14-35(15-5-1)36-24-31-42(32-25-36)50-47-23-13-11-21-44(47)45-34-39(28-33-48(45)50)37-26-29-41(30-27-37)49(40-18-8-3-9-19-40)46-22-12-10-20-43(46)38-16-6-2-7-17-38/h1-34H/i3D,8D,9D,18D,19D,26D,27D,29D,30D. The predicted octanol–water partition coefficient (Wildman–Crippen LogP) is 13.3. The molecule has 1 heterocycles. The van der Waals surface area contributed by atoms with E-state index in [4.69, 9.17) is 6.85 Å². The van der Waals surface area contributed by atoms with Gasteiger partial charge >= 0.3 is 0 Å². The number of fused-ring (bicyclic) bond motifs is 3. The highest BCUT2D eigenvalue weighted by molar-refractivity contribution is 6.10. The van der Waals surface area contributed by atoms with Crippen molar-refractivity contribution >= 4 is 38.9 Å². The van der Waals surface area contributed by atoms with Crippen molar-refractivity contribution in [1.29, 1.82) is 0 Å². The van der Waals surface area contributed by atoms with Crippen molar-refractivity contribution in [3.05, 3.63) is 206 Å². The van der Waals surface area contributed by atoms with Crippen LogP contribution in [0.3, 0.4) is 0 Å². The van der Waals surface area contributed by atoms with E-state index in [9.17, 15) is 5.48 Å². The zero-order chi connectivity index (χ0) is 41.1. The van der Waals surface area contributed by atoms with Crippen LogP contribution < -0.4 is 4.90 Å². The van der Waals surface area contributed by atoms with Gasteiger partial charge in [0.05, 0.1) is 29.1 Å². The monoisotopic (exact) mass is 647 g/mol. The summed E-state index contributed by atoms with van der Waals surface area (Å²) in [6.07, 6.45) is 0. The van der Waals surface area contributed by atoms with Gasteiger partial charge in [-0.15, -0.1) is 0 Å². The van der Waals surface area contributed by atoms with E-state index in [0.29, 0.717) is 16.8 Å². The first-order valence-corrected chi connectivity index (χ1v) is 16.4. The van der Waals surface area contributed by atoms with Crippen LogP contribution in [0.5, 0.6) is 0 Å². The zero-order valence-corrected chi connectivity index (χ0v) is 26.8. The van der Waals surface area contributed by atoms with Gasteiger partial charge in [-0.2, -0.15) is 0 Å². The van der Waals surface area contributed by atoms with Crippen LogP contribution in [-0.2, 0) is 0 Å². The molecule has 9 aromatic rings. The molecule has 9 rings (SSSR count). The third-order valence-corrected chi connectivity index (χ3v) is 8.97. The van der Waals surface area contributed by atoms with Gasteiger partial charge in [0.1, 0.15) is 0 Å². The fourth-order valence-electron chi connectivity index (χ4n) is 6.64. The molecule has 0 saturated heterocycles. The molecule has 0 bridgehead atoms. The molecule has 8 aromatic carbocycles. The number of hydrogen-bond acceptors (Lipinski definition) is 1. The summed E-state index contributed by atoms with van der Waals surface area (Å²) in [5, 5.41) is 1.82. The number of rotatable bonds is 7. The summed E-state index contributed by atoms with van der Waals surface area (Å²) >= 11 is 0. The quantitative estimate of drug-likeness (QED) is 0.167. The largest absolute Gasteiger partial charge is 0.310 e. The van der Waals surface area contributed by atoms with Crippen molar-refractivity contribution < 1.29 is 12.3 Å². The van der Waals surface area contributed by atoms with Crippen LogP contribution in [0.2, 0.25) is 0 Å². The van der Waals surface area contributed by atoms with Crippen molar-refractivity contribution in [3.8, 4) is 39.1 Å². The molecule has 0 atom stereocenters. The second-order valence-corrected chi connectivity index (χ2v) is 11.9.